The van der Waals surface area contributed by atoms with Crippen LogP contribution < -0.4 is 14.4 Å². The van der Waals surface area contributed by atoms with Crippen LogP contribution in [0.2, 0.25) is 0 Å². The molecule has 34 heavy (non-hydrogen) atoms. The fourth-order valence-corrected chi connectivity index (χ4v) is 5.41. The number of nitrogens with zero attached hydrogens (tertiary/aromatic N) is 2. The maximum Gasteiger partial charge on any atom is 0.240 e. The van der Waals surface area contributed by atoms with Gasteiger partial charge >= 0.3 is 0 Å². The Kier molecular flexibility index (Phi) is 7.92. The number of benzene rings is 2. The first-order valence-corrected chi connectivity index (χ1v) is 13.2. The minimum atomic E-state index is -3.62. The second-order valence-corrected chi connectivity index (χ2v) is 10.3. The average molecular weight is 484 g/mol. The van der Waals surface area contributed by atoms with Gasteiger partial charge in [0.2, 0.25) is 10.0 Å². The molecule has 1 N–H and O–H groups in total. The Hall–Kier alpha value is -2.81. The minimum Gasteiger partial charge on any atom is -0.497 e. The number of nitrogens with one attached hydrogen (secondary N) is 1. The second-order valence-electron chi connectivity index (χ2n) is 8.50. The summed E-state index contributed by atoms with van der Waals surface area (Å²) < 4.78 is 39.7. The lowest BCUT2D eigenvalue weighted by Gasteiger charge is -2.39. The molecule has 1 aliphatic heterocycles. The van der Waals surface area contributed by atoms with Gasteiger partial charge in [0.15, 0.2) is 0 Å². The van der Waals surface area contributed by atoms with Crippen molar-refractivity contribution in [1.29, 1.82) is 0 Å². The van der Waals surface area contributed by atoms with Gasteiger partial charge in [-0.25, -0.2) is 13.1 Å². The molecule has 2 heterocycles. The van der Waals surface area contributed by atoms with E-state index in [1.54, 1.807) is 25.5 Å². The number of anilines is 1. The smallest absolute Gasteiger partial charge is 0.240 e. The van der Waals surface area contributed by atoms with Gasteiger partial charge in [0.25, 0.3) is 0 Å². The van der Waals surface area contributed by atoms with E-state index >= 15 is 0 Å². The van der Waals surface area contributed by atoms with E-state index in [2.05, 4.69) is 33.6 Å². The highest BCUT2D eigenvalue weighted by molar-refractivity contribution is 7.89. The molecule has 8 heteroatoms. The molecule has 0 spiro atoms. The highest BCUT2D eigenvalue weighted by Crippen LogP contribution is 2.26. The number of aryl methyl sites for hydroxylation is 1. The van der Waals surface area contributed by atoms with E-state index in [-0.39, 0.29) is 17.5 Å². The molecule has 2 aromatic carbocycles. The van der Waals surface area contributed by atoms with Gasteiger partial charge in [0.05, 0.1) is 24.3 Å². The summed E-state index contributed by atoms with van der Waals surface area (Å²) in [7, 11) is -1.95. The summed E-state index contributed by atoms with van der Waals surface area (Å²) in [6.07, 6.45) is 3.61. The Labute approximate surface area is 202 Å². The van der Waals surface area contributed by atoms with E-state index in [0.29, 0.717) is 0 Å². The van der Waals surface area contributed by atoms with Crippen molar-refractivity contribution in [3.8, 4) is 5.75 Å². The highest BCUT2D eigenvalue weighted by atomic mass is 32.2. The van der Waals surface area contributed by atoms with Gasteiger partial charge in [-0.1, -0.05) is 25.5 Å². The van der Waals surface area contributed by atoms with Crippen LogP contribution in [0.25, 0.3) is 0 Å². The molecule has 1 atom stereocenters. The molecular weight excluding hydrogens is 450 g/mol. The molecule has 0 bridgehead atoms. The van der Waals surface area contributed by atoms with E-state index < -0.39 is 10.0 Å². The van der Waals surface area contributed by atoms with E-state index in [1.807, 2.05) is 36.4 Å². The third-order valence-corrected chi connectivity index (χ3v) is 7.74. The van der Waals surface area contributed by atoms with E-state index in [9.17, 15) is 8.42 Å². The van der Waals surface area contributed by atoms with Crippen LogP contribution >= 0.6 is 0 Å². The third kappa shape index (κ3) is 5.81. The molecule has 0 saturated carbocycles. The largest absolute Gasteiger partial charge is 0.497 e. The van der Waals surface area contributed by atoms with Gasteiger partial charge in [-0.3, -0.25) is 4.90 Å². The van der Waals surface area contributed by atoms with Crippen LogP contribution in [0.4, 0.5) is 5.69 Å². The predicted octanol–water partition coefficient (Wildman–Crippen LogP) is 4.08. The lowest BCUT2D eigenvalue weighted by atomic mass is 10.1. The maximum absolute atomic E-state index is 13.0. The van der Waals surface area contributed by atoms with Crippen LogP contribution in [0.5, 0.6) is 5.75 Å². The molecule has 182 valence electrons. The lowest BCUT2D eigenvalue weighted by molar-refractivity contribution is 0.166. The highest BCUT2D eigenvalue weighted by Gasteiger charge is 2.28. The first-order valence-electron chi connectivity index (χ1n) is 11.7. The molecule has 4 rings (SSSR count). The van der Waals surface area contributed by atoms with Gasteiger partial charge < -0.3 is 14.1 Å². The number of rotatable bonds is 10. The molecule has 7 nitrogen and oxygen atoms in total. The summed E-state index contributed by atoms with van der Waals surface area (Å²) in [6.45, 7) is 5.63. The molecule has 0 amide bonds. The minimum absolute atomic E-state index is 0.179. The SMILES string of the molecule is CCCc1ccc(S(=O)(=O)NCC(c2ccco2)N2CCN(c3ccc(OC)cc3)CC2)cc1. The normalized spacial score (nSPS) is 15.9. The van der Waals surface area contributed by atoms with Crippen molar-refractivity contribution in [2.24, 2.45) is 0 Å². The van der Waals surface area contributed by atoms with Crippen molar-refractivity contribution in [1.82, 2.24) is 9.62 Å². The molecule has 1 aromatic heterocycles. The molecule has 1 saturated heterocycles. The summed E-state index contributed by atoms with van der Waals surface area (Å²) in [5, 5.41) is 0. The number of hydrogen-bond donors (Lipinski definition) is 1. The van der Waals surface area contributed by atoms with Crippen LogP contribution in [-0.2, 0) is 16.4 Å². The fraction of sp³-hybridized carbons (Fsp3) is 0.385. The molecule has 1 aliphatic rings. The van der Waals surface area contributed by atoms with E-state index in [1.165, 1.54) is 0 Å². The molecule has 3 aromatic rings. The van der Waals surface area contributed by atoms with Crippen LogP contribution in [0.3, 0.4) is 0 Å². The summed E-state index contributed by atoms with van der Waals surface area (Å²) in [6, 6.07) is 18.8. The number of sulfonamides is 1. The van der Waals surface area contributed by atoms with Gasteiger partial charge in [-0.05, 0) is 60.5 Å². The zero-order valence-corrected chi connectivity index (χ0v) is 20.6. The van der Waals surface area contributed by atoms with Crippen molar-refractivity contribution in [3.63, 3.8) is 0 Å². The monoisotopic (exact) mass is 483 g/mol. The zero-order valence-electron chi connectivity index (χ0n) is 19.8. The zero-order chi connectivity index (χ0) is 24.0. The van der Waals surface area contributed by atoms with Gasteiger partial charge in [-0.15, -0.1) is 0 Å². The molecule has 0 radical (unpaired) electrons. The molecule has 1 unspecified atom stereocenters. The Morgan fingerprint density at radius 1 is 1.00 bits per heavy atom. The third-order valence-electron chi connectivity index (χ3n) is 6.30. The number of piperazine rings is 1. The van der Waals surface area contributed by atoms with Crippen molar-refractivity contribution >= 4 is 15.7 Å². The Morgan fingerprint density at radius 2 is 1.71 bits per heavy atom. The van der Waals surface area contributed by atoms with Gasteiger partial charge in [0, 0.05) is 38.4 Å². The summed E-state index contributed by atoms with van der Waals surface area (Å²) in [5.74, 6) is 1.60. The first kappa shape index (κ1) is 24.3. The number of methoxy groups -OCH3 is 1. The Morgan fingerprint density at radius 3 is 2.29 bits per heavy atom. The predicted molar refractivity (Wildman–Crippen MR) is 134 cm³/mol. The van der Waals surface area contributed by atoms with Crippen LogP contribution in [0.1, 0.15) is 30.7 Å². The topological polar surface area (TPSA) is 75.0 Å². The maximum atomic E-state index is 13.0. The van der Waals surface area contributed by atoms with Crippen molar-refractivity contribution in [2.45, 2.75) is 30.7 Å². The van der Waals surface area contributed by atoms with Crippen LogP contribution in [-0.4, -0.2) is 53.2 Å². The Bertz CT molecular complexity index is 1120. The average Bonchev–Trinajstić information content (AvgIpc) is 3.40. The lowest BCUT2D eigenvalue weighted by Crippen LogP contribution is -2.49. The molecule has 0 aliphatic carbocycles. The number of ether oxygens (including phenoxy) is 1. The second kappa shape index (κ2) is 11.1. The van der Waals surface area contributed by atoms with E-state index in [4.69, 9.17) is 9.15 Å². The number of furan rings is 1. The fourth-order valence-electron chi connectivity index (χ4n) is 4.37. The van der Waals surface area contributed by atoms with Crippen molar-refractivity contribution < 1.29 is 17.6 Å². The summed E-state index contributed by atoms with van der Waals surface area (Å²) in [4.78, 5) is 4.90. The first-order chi connectivity index (χ1) is 16.5. The van der Waals surface area contributed by atoms with E-state index in [0.717, 1.165) is 61.8 Å². The molecular formula is C26H33N3O4S. The number of hydrogen-bond acceptors (Lipinski definition) is 6. The van der Waals surface area contributed by atoms with Crippen LogP contribution in [0.15, 0.2) is 76.2 Å². The summed E-state index contributed by atoms with van der Waals surface area (Å²) in [5.41, 5.74) is 2.30. The standard InChI is InChI=1S/C26H33N3O4S/c1-3-5-21-7-13-24(14-8-21)34(30,31)27-20-25(26-6-4-19-33-26)29-17-15-28(16-18-29)22-9-11-23(32-2)12-10-22/h4,6-14,19,25,27H,3,5,15-18,20H2,1-2H3. The van der Waals surface area contributed by atoms with Crippen LogP contribution in [0, 0.1) is 0 Å². The van der Waals surface area contributed by atoms with Gasteiger partial charge in [0.1, 0.15) is 11.5 Å². The van der Waals surface area contributed by atoms with Crippen molar-refractivity contribution in [2.75, 3.05) is 44.7 Å². The Balaban J connectivity index is 1.41. The quantitative estimate of drug-likeness (QED) is 0.468. The molecule has 1 fully saturated rings. The van der Waals surface area contributed by atoms with Crippen molar-refractivity contribution in [3.05, 3.63) is 78.3 Å². The van der Waals surface area contributed by atoms with Gasteiger partial charge in [-0.2, -0.15) is 0 Å². The summed E-state index contributed by atoms with van der Waals surface area (Å²) >= 11 is 0.